The predicted octanol–water partition coefficient (Wildman–Crippen LogP) is 2.85. The summed E-state index contributed by atoms with van der Waals surface area (Å²) in [5.74, 6) is -0.134. The molecule has 1 amide bonds. The Morgan fingerprint density at radius 3 is 2.52 bits per heavy atom. The van der Waals surface area contributed by atoms with Crippen LogP contribution in [0.15, 0.2) is 16.8 Å². The number of carboxylic acids is 1. The molecule has 1 aliphatic carbocycles. The molecule has 12 heteroatoms. The van der Waals surface area contributed by atoms with Gasteiger partial charge in [0.25, 0.3) is 0 Å². The van der Waals surface area contributed by atoms with Crippen molar-refractivity contribution in [2.45, 2.75) is 64.8 Å². The van der Waals surface area contributed by atoms with Gasteiger partial charge in [-0.25, -0.2) is 9.78 Å². The Morgan fingerprint density at radius 2 is 1.97 bits per heavy atom. The van der Waals surface area contributed by atoms with E-state index in [2.05, 4.69) is 26.9 Å². The number of carbonyl (C=O) groups is 2. The molecular formula is C21H28F3N5O4. The number of alkyl halides is 3. The highest BCUT2D eigenvalue weighted by atomic mass is 19.4. The minimum Gasteiger partial charge on any atom is -0.475 e. The van der Waals surface area contributed by atoms with E-state index in [4.69, 9.17) is 19.4 Å². The average molecular weight is 471 g/mol. The Kier molecular flexibility index (Phi) is 7.77. The van der Waals surface area contributed by atoms with Gasteiger partial charge in [0, 0.05) is 38.4 Å². The monoisotopic (exact) mass is 471 g/mol. The normalized spacial score (nSPS) is 18.6. The minimum atomic E-state index is -5.08. The van der Waals surface area contributed by atoms with Crippen molar-refractivity contribution in [2.24, 2.45) is 5.92 Å². The number of aliphatic carboxylic acids is 1. The molecule has 1 fully saturated rings. The molecule has 1 unspecified atom stereocenters. The number of hydrogen-bond acceptors (Lipinski definition) is 6. The minimum absolute atomic E-state index is 0.0786. The number of amides is 1. The highest BCUT2D eigenvalue weighted by Gasteiger charge is 2.38. The third-order valence-corrected chi connectivity index (χ3v) is 5.85. The average Bonchev–Trinajstić information content (AvgIpc) is 3.28. The third-order valence-electron chi connectivity index (χ3n) is 5.85. The molecule has 1 atom stereocenters. The van der Waals surface area contributed by atoms with Crippen molar-refractivity contribution in [3.8, 4) is 0 Å². The van der Waals surface area contributed by atoms with E-state index in [-0.39, 0.29) is 11.9 Å². The number of aryl methyl sites for hydroxylation is 1. The highest BCUT2D eigenvalue weighted by molar-refractivity contribution is 5.78. The molecule has 1 aliphatic heterocycles. The van der Waals surface area contributed by atoms with Crippen molar-refractivity contribution in [3.63, 3.8) is 0 Å². The number of fused-ring (bicyclic) bond motifs is 1. The molecular weight excluding hydrogens is 443 g/mol. The zero-order valence-electron chi connectivity index (χ0n) is 18.6. The zero-order chi connectivity index (χ0) is 24.2. The quantitative estimate of drug-likeness (QED) is 0.666. The Bertz CT molecular complexity index is 968. The lowest BCUT2D eigenvalue weighted by molar-refractivity contribution is -0.192. The summed E-state index contributed by atoms with van der Waals surface area (Å²) in [6.07, 6.45) is 1.11. The molecule has 4 rings (SSSR count). The number of halogens is 3. The van der Waals surface area contributed by atoms with Gasteiger partial charge in [0.05, 0.1) is 23.9 Å². The van der Waals surface area contributed by atoms with E-state index in [1.54, 1.807) is 0 Å². The van der Waals surface area contributed by atoms with Gasteiger partial charge in [-0.2, -0.15) is 13.2 Å². The highest BCUT2D eigenvalue weighted by Crippen LogP contribution is 2.27. The molecule has 3 heterocycles. The Hall–Kier alpha value is -2.89. The first-order valence-electron chi connectivity index (χ1n) is 10.8. The van der Waals surface area contributed by atoms with Crippen molar-refractivity contribution >= 4 is 11.9 Å². The van der Waals surface area contributed by atoms with Crippen LogP contribution in [0.2, 0.25) is 0 Å². The summed E-state index contributed by atoms with van der Waals surface area (Å²) >= 11 is 0. The van der Waals surface area contributed by atoms with E-state index in [1.165, 1.54) is 19.3 Å². The molecule has 0 saturated heterocycles. The molecule has 33 heavy (non-hydrogen) atoms. The molecule has 0 spiro atoms. The van der Waals surface area contributed by atoms with Gasteiger partial charge in [-0.1, -0.05) is 11.6 Å². The summed E-state index contributed by atoms with van der Waals surface area (Å²) in [6.45, 7) is 7.45. The smallest absolute Gasteiger partial charge is 0.475 e. The first-order chi connectivity index (χ1) is 15.5. The molecule has 2 aromatic rings. The fraction of sp³-hybridized carbons (Fsp3) is 0.619. The van der Waals surface area contributed by atoms with Crippen molar-refractivity contribution in [3.05, 3.63) is 35.2 Å². The van der Waals surface area contributed by atoms with Crippen LogP contribution in [0.4, 0.5) is 13.2 Å². The van der Waals surface area contributed by atoms with Gasteiger partial charge in [0.2, 0.25) is 5.91 Å². The first kappa shape index (κ1) is 24.7. The number of nitrogens with one attached hydrogen (secondary N) is 1. The molecule has 182 valence electrons. The number of imidazole rings is 1. The van der Waals surface area contributed by atoms with Crippen LogP contribution in [0.3, 0.4) is 0 Å². The molecule has 2 N–H and O–H groups in total. The maximum atomic E-state index is 12.2. The van der Waals surface area contributed by atoms with Crippen LogP contribution >= 0.6 is 0 Å². The van der Waals surface area contributed by atoms with Crippen LogP contribution < -0.4 is 5.32 Å². The van der Waals surface area contributed by atoms with Crippen LogP contribution in [0.1, 0.15) is 55.2 Å². The SMILES string of the molecule is Cc1cc(CN2CCn3cc(CC(=O)NCC4CCC4)nc3C2C)no1.O=C(O)C(F)(F)F. The van der Waals surface area contributed by atoms with Crippen LogP contribution in [-0.2, 0) is 29.1 Å². The number of aromatic nitrogens is 3. The van der Waals surface area contributed by atoms with Crippen molar-refractivity contribution in [1.29, 1.82) is 0 Å². The Balaban J connectivity index is 0.000000383. The number of carbonyl (C=O) groups excluding carboxylic acids is 1. The second-order valence-electron chi connectivity index (χ2n) is 8.44. The topological polar surface area (TPSA) is 113 Å². The van der Waals surface area contributed by atoms with Gasteiger partial charge >= 0.3 is 12.1 Å². The molecule has 0 bridgehead atoms. The second kappa shape index (κ2) is 10.4. The summed E-state index contributed by atoms with van der Waals surface area (Å²) in [5.41, 5.74) is 1.81. The van der Waals surface area contributed by atoms with E-state index in [9.17, 15) is 18.0 Å². The fourth-order valence-electron chi connectivity index (χ4n) is 3.78. The van der Waals surface area contributed by atoms with Crippen LogP contribution in [-0.4, -0.2) is 55.9 Å². The molecule has 0 aromatic carbocycles. The Morgan fingerprint density at radius 1 is 1.27 bits per heavy atom. The predicted molar refractivity (Wildman–Crippen MR) is 110 cm³/mol. The number of carboxylic acid groups (broad SMARTS) is 1. The molecule has 9 nitrogen and oxygen atoms in total. The summed E-state index contributed by atoms with van der Waals surface area (Å²) in [6, 6.07) is 2.17. The van der Waals surface area contributed by atoms with Crippen molar-refractivity contribution in [1.82, 2.24) is 24.9 Å². The van der Waals surface area contributed by atoms with Gasteiger partial charge in [0.1, 0.15) is 11.6 Å². The van der Waals surface area contributed by atoms with Crippen molar-refractivity contribution < 1.29 is 32.4 Å². The maximum absolute atomic E-state index is 12.2. The van der Waals surface area contributed by atoms with Crippen LogP contribution in [0.25, 0.3) is 0 Å². The lowest BCUT2D eigenvalue weighted by atomic mass is 9.85. The van der Waals surface area contributed by atoms with E-state index < -0.39 is 12.1 Å². The lowest BCUT2D eigenvalue weighted by Crippen LogP contribution is -2.36. The van der Waals surface area contributed by atoms with Crippen LogP contribution in [0.5, 0.6) is 0 Å². The van der Waals surface area contributed by atoms with E-state index >= 15 is 0 Å². The third kappa shape index (κ3) is 6.80. The van der Waals surface area contributed by atoms with Gasteiger partial charge in [-0.05, 0) is 32.6 Å². The summed E-state index contributed by atoms with van der Waals surface area (Å²) in [4.78, 5) is 28.2. The van der Waals surface area contributed by atoms with E-state index in [0.29, 0.717) is 12.3 Å². The summed E-state index contributed by atoms with van der Waals surface area (Å²) < 4.78 is 39.1. The number of nitrogens with zero attached hydrogens (tertiary/aromatic N) is 4. The van der Waals surface area contributed by atoms with E-state index in [1.807, 2.05) is 19.2 Å². The maximum Gasteiger partial charge on any atom is 0.490 e. The number of rotatable bonds is 6. The summed E-state index contributed by atoms with van der Waals surface area (Å²) in [7, 11) is 0. The van der Waals surface area contributed by atoms with Crippen molar-refractivity contribution in [2.75, 3.05) is 13.1 Å². The van der Waals surface area contributed by atoms with Gasteiger partial charge in [-0.3, -0.25) is 9.69 Å². The van der Waals surface area contributed by atoms with Gasteiger partial charge < -0.3 is 19.5 Å². The standard InChI is InChI=1S/C19H27N5O2.C2HF3O2/c1-13-8-17(22-26-13)12-23-6-7-24-11-16(21-19(24)14(23)2)9-18(25)20-10-15-4-3-5-15;3-2(4,5)1(6)7/h8,11,14-15H,3-7,9-10,12H2,1-2H3,(H,20,25);(H,6,7). The largest absolute Gasteiger partial charge is 0.490 e. The van der Waals surface area contributed by atoms with Gasteiger partial charge in [-0.15, -0.1) is 0 Å². The lowest BCUT2D eigenvalue weighted by Gasteiger charge is -2.32. The van der Waals surface area contributed by atoms with Gasteiger partial charge in [0.15, 0.2) is 0 Å². The molecule has 1 saturated carbocycles. The first-order valence-corrected chi connectivity index (χ1v) is 10.8. The van der Waals surface area contributed by atoms with Crippen LogP contribution in [0, 0.1) is 12.8 Å². The molecule has 2 aliphatic rings. The zero-order valence-corrected chi connectivity index (χ0v) is 18.6. The fourth-order valence-corrected chi connectivity index (χ4v) is 3.78. The molecule has 2 aromatic heterocycles. The Labute approximate surface area is 188 Å². The van der Waals surface area contributed by atoms with E-state index in [0.717, 1.165) is 49.2 Å². The molecule has 0 radical (unpaired) electrons. The summed E-state index contributed by atoms with van der Waals surface area (Å²) in [5, 5.41) is 14.3. The second-order valence-corrected chi connectivity index (χ2v) is 8.44. The number of hydrogen-bond donors (Lipinski definition) is 2.